The first-order chi connectivity index (χ1) is 12.5. The Bertz CT molecular complexity index is 940. The van der Waals surface area contributed by atoms with Crippen LogP contribution in [0.3, 0.4) is 0 Å². The molecule has 0 unspecified atom stereocenters. The van der Waals surface area contributed by atoms with Crippen LogP contribution in [0.5, 0.6) is 5.75 Å². The number of non-ortho nitro benzene ring substituents is 1. The Kier molecular flexibility index (Phi) is 5.37. The van der Waals surface area contributed by atoms with Crippen molar-refractivity contribution in [1.82, 2.24) is 15.3 Å². The lowest BCUT2D eigenvalue weighted by Crippen LogP contribution is -2.24. The molecule has 1 heterocycles. The third-order valence-electron chi connectivity index (χ3n) is 3.64. The molecule has 0 aliphatic carbocycles. The largest absolute Gasteiger partial charge is 0.497 e. The van der Waals surface area contributed by atoms with Crippen molar-refractivity contribution >= 4 is 34.4 Å². The van der Waals surface area contributed by atoms with Gasteiger partial charge in [-0.1, -0.05) is 23.9 Å². The normalized spacial score (nSPS) is 10.7. The van der Waals surface area contributed by atoms with Crippen molar-refractivity contribution in [3.8, 4) is 5.75 Å². The fourth-order valence-electron chi connectivity index (χ4n) is 2.29. The van der Waals surface area contributed by atoms with Crippen LogP contribution in [0.2, 0.25) is 0 Å². The van der Waals surface area contributed by atoms with E-state index in [4.69, 9.17) is 4.74 Å². The van der Waals surface area contributed by atoms with E-state index in [9.17, 15) is 14.9 Å². The second-order valence-corrected chi connectivity index (χ2v) is 6.38. The number of thioether (sulfide) groups is 1. The number of aromatic nitrogens is 2. The van der Waals surface area contributed by atoms with E-state index in [2.05, 4.69) is 15.3 Å². The third-order valence-corrected chi connectivity index (χ3v) is 4.52. The average molecular weight is 372 g/mol. The maximum absolute atomic E-state index is 12.0. The smallest absolute Gasteiger partial charge is 0.271 e. The van der Waals surface area contributed by atoms with Crippen molar-refractivity contribution in [3.63, 3.8) is 0 Å². The number of hydrogen-bond donors (Lipinski definition) is 2. The van der Waals surface area contributed by atoms with Crippen LogP contribution in [0.25, 0.3) is 11.0 Å². The van der Waals surface area contributed by atoms with Gasteiger partial charge in [-0.2, -0.15) is 0 Å². The van der Waals surface area contributed by atoms with Crippen molar-refractivity contribution in [2.24, 2.45) is 0 Å². The molecule has 26 heavy (non-hydrogen) atoms. The molecule has 3 rings (SSSR count). The van der Waals surface area contributed by atoms with Crippen molar-refractivity contribution in [3.05, 3.63) is 58.1 Å². The number of fused-ring (bicyclic) bond motifs is 1. The standard InChI is InChI=1S/C17H16N4O4S/c1-25-13-5-2-11(3-6-13)9-18-16(22)10-26-17-19-14-7-4-12(21(23)24)8-15(14)20-17/h2-8H,9-10H2,1H3,(H,18,22)(H,19,20). The van der Waals surface area contributed by atoms with E-state index in [0.29, 0.717) is 22.7 Å². The van der Waals surface area contributed by atoms with Crippen molar-refractivity contribution in [2.75, 3.05) is 12.9 Å². The van der Waals surface area contributed by atoms with E-state index < -0.39 is 4.92 Å². The summed E-state index contributed by atoms with van der Waals surface area (Å²) < 4.78 is 5.09. The Hall–Kier alpha value is -3.07. The minimum Gasteiger partial charge on any atom is -0.497 e. The highest BCUT2D eigenvalue weighted by molar-refractivity contribution is 7.99. The number of ether oxygens (including phenoxy) is 1. The van der Waals surface area contributed by atoms with Crippen molar-refractivity contribution in [2.45, 2.75) is 11.7 Å². The molecule has 3 aromatic rings. The summed E-state index contributed by atoms with van der Waals surface area (Å²) in [6.07, 6.45) is 0. The van der Waals surface area contributed by atoms with Gasteiger partial charge in [0.05, 0.1) is 28.8 Å². The maximum atomic E-state index is 12.0. The Morgan fingerprint density at radius 1 is 1.31 bits per heavy atom. The van der Waals surface area contributed by atoms with Crippen LogP contribution < -0.4 is 10.1 Å². The molecule has 0 saturated heterocycles. The summed E-state index contributed by atoms with van der Waals surface area (Å²) in [4.78, 5) is 29.6. The molecule has 0 aliphatic heterocycles. The highest BCUT2D eigenvalue weighted by Gasteiger charge is 2.11. The number of benzene rings is 2. The number of imidazole rings is 1. The average Bonchev–Trinajstić information content (AvgIpc) is 3.07. The SMILES string of the molecule is COc1ccc(CNC(=O)CSc2nc3ccc([N+](=O)[O-])cc3[nH]2)cc1. The summed E-state index contributed by atoms with van der Waals surface area (Å²) in [6.45, 7) is 0.426. The summed E-state index contributed by atoms with van der Waals surface area (Å²) in [5.41, 5.74) is 2.16. The Morgan fingerprint density at radius 2 is 2.08 bits per heavy atom. The second-order valence-electron chi connectivity index (χ2n) is 5.41. The zero-order valence-corrected chi connectivity index (χ0v) is 14.7. The first kappa shape index (κ1) is 17.7. The number of nitrogens with zero attached hydrogens (tertiary/aromatic N) is 2. The number of H-pyrrole nitrogens is 1. The summed E-state index contributed by atoms with van der Waals surface area (Å²) in [6, 6.07) is 11.9. The summed E-state index contributed by atoms with van der Waals surface area (Å²) in [5, 5.41) is 14.2. The van der Waals surface area contributed by atoms with Gasteiger partial charge in [0.15, 0.2) is 5.16 Å². The van der Waals surface area contributed by atoms with Gasteiger partial charge >= 0.3 is 0 Å². The van der Waals surface area contributed by atoms with E-state index in [1.165, 1.54) is 23.9 Å². The maximum Gasteiger partial charge on any atom is 0.271 e. The van der Waals surface area contributed by atoms with Gasteiger partial charge in [-0.25, -0.2) is 4.98 Å². The first-order valence-corrected chi connectivity index (χ1v) is 8.70. The quantitative estimate of drug-likeness (QED) is 0.375. The molecule has 2 aromatic carbocycles. The Balaban J connectivity index is 1.53. The molecule has 2 N–H and O–H groups in total. The molecule has 9 heteroatoms. The van der Waals surface area contributed by atoms with E-state index in [1.807, 2.05) is 24.3 Å². The van der Waals surface area contributed by atoms with Crippen LogP contribution in [0.15, 0.2) is 47.6 Å². The predicted octanol–water partition coefficient (Wildman–Crippen LogP) is 2.89. The fraction of sp³-hybridized carbons (Fsp3) is 0.176. The summed E-state index contributed by atoms with van der Waals surface area (Å²) in [5.74, 6) is 0.830. The van der Waals surface area contributed by atoms with Crippen LogP contribution in [0.4, 0.5) is 5.69 Å². The third kappa shape index (κ3) is 4.31. The van der Waals surface area contributed by atoms with Crippen LogP contribution in [0.1, 0.15) is 5.56 Å². The Morgan fingerprint density at radius 3 is 2.77 bits per heavy atom. The highest BCUT2D eigenvalue weighted by Crippen LogP contribution is 2.23. The van der Waals surface area contributed by atoms with Gasteiger partial charge in [0.2, 0.25) is 5.91 Å². The molecule has 0 fully saturated rings. The number of aromatic amines is 1. The lowest BCUT2D eigenvalue weighted by molar-refractivity contribution is -0.384. The molecule has 134 valence electrons. The van der Waals surface area contributed by atoms with E-state index in [0.717, 1.165) is 11.3 Å². The first-order valence-electron chi connectivity index (χ1n) is 7.72. The topological polar surface area (TPSA) is 110 Å². The number of carbonyl (C=O) groups excluding carboxylic acids is 1. The molecule has 1 aromatic heterocycles. The monoisotopic (exact) mass is 372 g/mol. The molecule has 0 atom stereocenters. The predicted molar refractivity (Wildman–Crippen MR) is 98.3 cm³/mol. The van der Waals surface area contributed by atoms with Gasteiger partial charge in [-0.3, -0.25) is 14.9 Å². The molecule has 0 spiro atoms. The zero-order valence-electron chi connectivity index (χ0n) is 13.9. The number of rotatable bonds is 7. The molecule has 0 aliphatic rings. The zero-order chi connectivity index (χ0) is 18.5. The molecular formula is C17H16N4O4S. The Labute approximate surface area is 153 Å². The van der Waals surface area contributed by atoms with Gasteiger partial charge in [0.1, 0.15) is 5.75 Å². The minimum atomic E-state index is -0.459. The van der Waals surface area contributed by atoms with Crippen LogP contribution >= 0.6 is 11.8 Å². The second kappa shape index (κ2) is 7.87. The summed E-state index contributed by atoms with van der Waals surface area (Å²) >= 11 is 1.24. The lowest BCUT2D eigenvalue weighted by Gasteiger charge is -2.05. The van der Waals surface area contributed by atoms with E-state index in [1.54, 1.807) is 13.2 Å². The molecule has 0 radical (unpaired) electrons. The van der Waals surface area contributed by atoms with Gasteiger partial charge < -0.3 is 15.0 Å². The number of nitro benzene ring substituents is 1. The molecule has 8 nitrogen and oxygen atoms in total. The number of methoxy groups -OCH3 is 1. The number of amides is 1. The number of carbonyl (C=O) groups is 1. The summed E-state index contributed by atoms with van der Waals surface area (Å²) in [7, 11) is 1.60. The van der Waals surface area contributed by atoms with Crippen LogP contribution in [-0.2, 0) is 11.3 Å². The van der Waals surface area contributed by atoms with Crippen LogP contribution in [-0.4, -0.2) is 33.7 Å². The molecule has 1 amide bonds. The van der Waals surface area contributed by atoms with Crippen LogP contribution in [0, 0.1) is 10.1 Å². The van der Waals surface area contributed by atoms with Gasteiger partial charge in [0, 0.05) is 18.7 Å². The van der Waals surface area contributed by atoms with Gasteiger partial charge in [-0.15, -0.1) is 0 Å². The molecule has 0 saturated carbocycles. The molecular weight excluding hydrogens is 356 g/mol. The van der Waals surface area contributed by atoms with Gasteiger partial charge in [-0.05, 0) is 23.8 Å². The number of nitro groups is 1. The van der Waals surface area contributed by atoms with Crippen molar-refractivity contribution in [1.29, 1.82) is 0 Å². The number of hydrogen-bond acceptors (Lipinski definition) is 6. The van der Waals surface area contributed by atoms with Crippen molar-refractivity contribution < 1.29 is 14.5 Å². The fourth-order valence-corrected chi connectivity index (χ4v) is 3.00. The minimum absolute atomic E-state index is 0.00469. The lowest BCUT2D eigenvalue weighted by atomic mass is 10.2. The van der Waals surface area contributed by atoms with Gasteiger partial charge in [0.25, 0.3) is 5.69 Å². The number of nitrogens with one attached hydrogen (secondary N) is 2. The molecule has 0 bridgehead atoms. The van der Waals surface area contributed by atoms with E-state index in [-0.39, 0.29) is 17.3 Å². The van der Waals surface area contributed by atoms with E-state index >= 15 is 0 Å². The highest BCUT2D eigenvalue weighted by atomic mass is 32.2.